The summed E-state index contributed by atoms with van der Waals surface area (Å²) in [6, 6.07) is 13.7. The Labute approximate surface area is 126 Å². The number of benzene rings is 2. The first-order chi connectivity index (χ1) is 9.63. The number of aryl methyl sites for hydroxylation is 1. The van der Waals surface area contributed by atoms with Gasteiger partial charge in [0.25, 0.3) is 0 Å². The Kier molecular flexibility index (Phi) is 3.74. The molecule has 0 aliphatic carbocycles. The van der Waals surface area contributed by atoms with Gasteiger partial charge >= 0.3 is 0 Å². The number of halogens is 1. The molecule has 0 aliphatic heterocycles. The van der Waals surface area contributed by atoms with Gasteiger partial charge in [-0.2, -0.15) is 0 Å². The molecule has 3 rings (SSSR count). The van der Waals surface area contributed by atoms with E-state index in [9.17, 15) is 5.11 Å². The lowest BCUT2D eigenvalue weighted by molar-refractivity contribution is 0.178. The van der Waals surface area contributed by atoms with Gasteiger partial charge in [0.15, 0.2) is 0 Å². The molecule has 4 heteroatoms. The lowest BCUT2D eigenvalue weighted by atomic mass is 10.0. The summed E-state index contributed by atoms with van der Waals surface area (Å²) in [5.74, 6) is 0. The molecule has 2 nitrogen and oxygen atoms in total. The SMILES string of the molecule is Cc1cc(C(O)Cc2nc3ccccc3s2)ccc1Cl. The monoisotopic (exact) mass is 303 g/mol. The van der Waals surface area contributed by atoms with Crippen molar-refractivity contribution in [3.05, 3.63) is 63.6 Å². The summed E-state index contributed by atoms with van der Waals surface area (Å²) in [4.78, 5) is 4.55. The molecule has 1 N–H and O–H groups in total. The van der Waals surface area contributed by atoms with Crippen LogP contribution in [0, 0.1) is 6.92 Å². The number of aromatic nitrogens is 1. The van der Waals surface area contributed by atoms with Crippen LogP contribution in [-0.4, -0.2) is 10.1 Å². The quantitative estimate of drug-likeness (QED) is 0.771. The Bertz CT molecular complexity index is 720. The van der Waals surface area contributed by atoms with Gasteiger partial charge in [0, 0.05) is 11.4 Å². The van der Waals surface area contributed by atoms with Crippen molar-refractivity contribution in [1.82, 2.24) is 4.98 Å². The van der Waals surface area contributed by atoms with Crippen molar-refractivity contribution in [3.63, 3.8) is 0 Å². The fraction of sp³-hybridized carbons (Fsp3) is 0.188. The Morgan fingerprint density at radius 3 is 2.80 bits per heavy atom. The van der Waals surface area contributed by atoms with E-state index >= 15 is 0 Å². The predicted octanol–water partition coefficient (Wildman–Crippen LogP) is 4.53. The Hall–Kier alpha value is -1.42. The molecular formula is C16H14ClNOS. The number of nitrogens with zero attached hydrogens (tertiary/aromatic N) is 1. The Morgan fingerprint density at radius 1 is 1.25 bits per heavy atom. The highest BCUT2D eigenvalue weighted by atomic mass is 35.5. The molecule has 20 heavy (non-hydrogen) atoms. The van der Waals surface area contributed by atoms with Crippen LogP contribution in [0.5, 0.6) is 0 Å². The average molecular weight is 304 g/mol. The fourth-order valence-electron chi connectivity index (χ4n) is 2.17. The van der Waals surface area contributed by atoms with Crippen LogP contribution in [0.4, 0.5) is 0 Å². The highest BCUT2D eigenvalue weighted by Crippen LogP contribution is 2.27. The molecule has 0 aliphatic rings. The third-order valence-electron chi connectivity index (χ3n) is 3.27. The maximum absolute atomic E-state index is 10.3. The molecule has 0 saturated carbocycles. The van der Waals surface area contributed by atoms with Crippen molar-refractivity contribution in [2.24, 2.45) is 0 Å². The third-order valence-corrected chi connectivity index (χ3v) is 4.76. The molecule has 0 saturated heterocycles. The van der Waals surface area contributed by atoms with Crippen molar-refractivity contribution >= 4 is 33.2 Å². The van der Waals surface area contributed by atoms with Crippen molar-refractivity contribution in [2.75, 3.05) is 0 Å². The molecule has 102 valence electrons. The van der Waals surface area contributed by atoms with E-state index in [-0.39, 0.29) is 0 Å². The van der Waals surface area contributed by atoms with E-state index < -0.39 is 6.10 Å². The van der Waals surface area contributed by atoms with Gasteiger partial charge in [0.2, 0.25) is 0 Å². The van der Waals surface area contributed by atoms with Crippen molar-refractivity contribution in [1.29, 1.82) is 0 Å². The van der Waals surface area contributed by atoms with Crippen LogP contribution < -0.4 is 0 Å². The third kappa shape index (κ3) is 2.70. The van der Waals surface area contributed by atoms with Gasteiger partial charge in [-0.1, -0.05) is 35.9 Å². The first-order valence-corrected chi connectivity index (χ1v) is 7.61. The predicted molar refractivity (Wildman–Crippen MR) is 84.5 cm³/mol. The number of hydrogen-bond donors (Lipinski definition) is 1. The molecule has 0 fully saturated rings. The molecule has 1 aromatic heterocycles. The van der Waals surface area contributed by atoms with E-state index in [0.717, 1.165) is 31.4 Å². The maximum atomic E-state index is 10.3. The summed E-state index contributed by atoms with van der Waals surface area (Å²) >= 11 is 7.64. The van der Waals surface area contributed by atoms with Gasteiger partial charge in [-0.05, 0) is 36.2 Å². The molecule has 1 unspecified atom stereocenters. The molecule has 0 amide bonds. The summed E-state index contributed by atoms with van der Waals surface area (Å²) in [5.41, 5.74) is 2.85. The zero-order valence-electron chi connectivity index (χ0n) is 11.0. The number of aliphatic hydroxyl groups excluding tert-OH is 1. The first kappa shape index (κ1) is 13.6. The summed E-state index contributed by atoms with van der Waals surface area (Å²) < 4.78 is 1.15. The van der Waals surface area contributed by atoms with Crippen molar-refractivity contribution < 1.29 is 5.11 Å². The van der Waals surface area contributed by atoms with Crippen molar-refractivity contribution in [2.45, 2.75) is 19.4 Å². The Balaban J connectivity index is 1.84. The number of rotatable bonds is 3. The minimum absolute atomic E-state index is 0.528. The van der Waals surface area contributed by atoms with Crippen LogP contribution in [0.25, 0.3) is 10.2 Å². The topological polar surface area (TPSA) is 33.1 Å². The van der Waals surface area contributed by atoms with Gasteiger partial charge in [-0.3, -0.25) is 0 Å². The zero-order chi connectivity index (χ0) is 14.1. The smallest absolute Gasteiger partial charge is 0.0967 e. The minimum Gasteiger partial charge on any atom is -0.388 e. The van der Waals surface area contributed by atoms with Crippen LogP contribution in [-0.2, 0) is 6.42 Å². The van der Waals surface area contributed by atoms with Gasteiger partial charge in [0.1, 0.15) is 0 Å². The van der Waals surface area contributed by atoms with Gasteiger partial charge in [-0.15, -0.1) is 11.3 Å². The molecule has 0 bridgehead atoms. The molecule has 1 heterocycles. The maximum Gasteiger partial charge on any atom is 0.0967 e. The normalized spacial score (nSPS) is 12.8. The summed E-state index contributed by atoms with van der Waals surface area (Å²) in [7, 11) is 0. The first-order valence-electron chi connectivity index (χ1n) is 6.42. The number of fused-ring (bicyclic) bond motifs is 1. The molecule has 0 radical (unpaired) electrons. The minimum atomic E-state index is -0.550. The number of hydrogen-bond acceptors (Lipinski definition) is 3. The summed E-state index contributed by atoms with van der Waals surface area (Å²) in [6.07, 6.45) is -0.0213. The van der Waals surface area contributed by atoms with Gasteiger partial charge < -0.3 is 5.11 Å². The largest absolute Gasteiger partial charge is 0.388 e. The average Bonchev–Trinajstić information content (AvgIpc) is 2.83. The number of aliphatic hydroxyl groups is 1. The van der Waals surface area contributed by atoms with Gasteiger partial charge in [0.05, 0.1) is 21.3 Å². The molecular weight excluding hydrogens is 290 g/mol. The van der Waals surface area contributed by atoms with Crippen LogP contribution in [0.3, 0.4) is 0 Å². The molecule has 3 aromatic rings. The van der Waals surface area contributed by atoms with E-state index in [1.165, 1.54) is 0 Å². The van der Waals surface area contributed by atoms with Crippen LogP contribution in [0.1, 0.15) is 22.2 Å². The molecule has 0 spiro atoms. The Morgan fingerprint density at radius 2 is 2.05 bits per heavy atom. The second-order valence-electron chi connectivity index (χ2n) is 4.80. The second kappa shape index (κ2) is 5.52. The van der Waals surface area contributed by atoms with Crippen molar-refractivity contribution in [3.8, 4) is 0 Å². The fourth-order valence-corrected chi connectivity index (χ4v) is 3.29. The van der Waals surface area contributed by atoms with E-state index in [0.29, 0.717) is 6.42 Å². The summed E-state index contributed by atoms with van der Waals surface area (Å²) in [6.45, 7) is 1.94. The van der Waals surface area contributed by atoms with E-state index in [1.54, 1.807) is 11.3 Å². The molecule has 2 aromatic carbocycles. The van der Waals surface area contributed by atoms with E-state index in [4.69, 9.17) is 11.6 Å². The highest BCUT2D eigenvalue weighted by Gasteiger charge is 2.13. The van der Waals surface area contributed by atoms with Crippen LogP contribution >= 0.6 is 22.9 Å². The highest BCUT2D eigenvalue weighted by molar-refractivity contribution is 7.18. The van der Waals surface area contributed by atoms with E-state index in [2.05, 4.69) is 11.1 Å². The summed E-state index contributed by atoms with van der Waals surface area (Å²) in [5, 5.41) is 12.0. The second-order valence-corrected chi connectivity index (χ2v) is 6.33. The lowest BCUT2D eigenvalue weighted by Crippen LogP contribution is -2.01. The number of thiazole rings is 1. The van der Waals surface area contributed by atoms with Crippen LogP contribution in [0.2, 0.25) is 5.02 Å². The van der Waals surface area contributed by atoms with Crippen LogP contribution in [0.15, 0.2) is 42.5 Å². The van der Waals surface area contributed by atoms with E-state index in [1.807, 2.05) is 43.3 Å². The zero-order valence-corrected chi connectivity index (χ0v) is 12.6. The lowest BCUT2D eigenvalue weighted by Gasteiger charge is -2.10. The van der Waals surface area contributed by atoms with Gasteiger partial charge in [-0.25, -0.2) is 4.98 Å². The molecule has 1 atom stereocenters. The number of para-hydroxylation sites is 1. The standard InChI is InChI=1S/C16H14ClNOS/c1-10-8-11(6-7-12(10)17)14(19)9-16-18-13-4-2-3-5-15(13)20-16/h2-8,14,19H,9H2,1H3.